The maximum Gasteiger partial charge on any atom is 0.247 e. The molecule has 2 aromatic rings. The highest BCUT2D eigenvalue weighted by Gasteiger charge is 2.53. The van der Waals surface area contributed by atoms with E-state index in [-0.39, 0.29) is 17.4 Å². The fourth-order valence-corrected chi connectivity index (χ4v) is 5.96. The molecule has 0 radical (unpaired) electrons. The lowest BCUT2D eigenvalue weighted by Gasteiger charge is -2.35. The van der Waals surface area contributed by atoms with Gasteiger partial charge in [-0.3, -0.25) is 4.79 Å². The van der Waals surface area contributed by atoms with E-state index in [1.165, 1.54) is 17.3 Å². The van der Waals surface area contributed by atoms with Crippen molar-refractivity contribution in [2.45, 2.75) is 30.6 Å². The van der Waals surface area contributed by atoms with Crippen LogP contribution in [0.2, 0.25) is 0 Å². The highest BCUT2D eigenvalue weighted by molar-refractivity contribution is 8.15. The summed E-state index contributed by atoms with van der Waals surface area (Å²) in [6.45, 7) is 1.60. The minimum absolute atomic E-state index is 0.0254. The van der Waals surface area contributed by atoms with E-state index >= 15 is 0 Å². The van der Waals surface area contributed by atoms with Crippen LogP contribution in [-0.2, 0) is 16.1 Å². The van der Waals surface area contributed by atoms with E-state index in [9.17, 15) is 13.6 Å². The van der Waals surface area contributed by atoms with Crippen molar-refractivity contribution in [1.82, 2.24) is 10.3 Å². The molecule has 2 aromatic carbocycles. The first kappa shape index (κ1) is 18.8. The second-order valence-electron chi connectivity index (χ2n) is 7.75. The first-order valence-corrected chi connectivity index (χ1v) is 10.8. The van der Waals surface area contributed by atoms with E-state index in [4.69, 9.17) is 0 Å². The third-order valence-corrected chi connectivity index (χ3v) is 7.46. The van der Waals surface area contributed by atoms with Gasteiger partial charge in [-0.2, -0.15) is 5.10 Å². The second kappa shape index (κ2) is 7.22. The van der Waals surface area contributed by atoms with Gasteiger partial charge >= 0.3 is 0 Å². The first-order valence-electron chi connectivity index (χ1n) is 9.95. The third-order valence-electron chi connectivity index (χ3n) is 6.03. The SMILES string of the molecule is O=C(C1CCNCC1)N1N=C(c2cc(F)ccc2F)SC12CCc1ccccc12. The van der Waals surface area contributed by atoms with E-state index < -0.39 is 16.5 Å². The number of nitrogens with one attached hydrogen (secondary N) is 1. The standard InChI is InChI=1S/C22H21F2N3OS/c23-16-5-6-19(24)17(13-16)20-26-27(21(28)15-8-11-25-12-9-15)22(29-20)10-7-14-3-1-2-4-18(14)22/h1-6,13,15,25H,7-12H2. The van der Waals surface area contributed by atoms with E-state index in [2.05, 4.69) is 16.5 Å². The highest BCUT2D eigenvalue weighted by atomic mass is 32.2. The number of hydrazone groups is 1. The van der Waals surface area contributed by atoms with Gasteiger partial charge < -0.3 is 5.32 Å². The maximum absolute atomic E-state index is 14.5. The molecule has 0 aromatic heterocycles. The normalized spacial score (nSPS) is 24.1. The number of rotatable bonds is 2. The smallest absolute Gasteiger partial charge is 0.247 e. The molecule has 2 heterocycles. The fraction of sp³-hybridized carbons (Fsp3) is 0.364. The van der Waals surface area contributed by atoms with Crippen LogP contribution in [-0.4, -0.2) is 29.0 Å². The van der Waals surface area contributed by atoms with Gasteiger partial charge in [0, 0.05) is 11.5 Å². The van der Waals surface area contributed by atoms with E-state index in [1.54, 1.807) is 5.01 Å². The molecule has 7 heteroatoms. The van der Waals surface area contributed by atoms with Crippen LogP contribution in [0.15, 0.2) is 47.6 Å². The molecule has 2 aliphatic heterocycles. The summed E-state index contributed by atoms with van der Waals surface area (Å²) in [6.07, 6.45) is 3.05. The Bertz CT molecular complexity index is 1010. The van der Waals surface area contributed by atoms with Gasteiger partial charge in [-0.05, 0) is 68.1 Å². The second-order valence-corrected chi connectivity index (χ2v) is 9.01. The molecule has 1 N–H and O–H groups in total. The molecule has 150 valence electrons. The van der Waals surface area contributed by atoms with Crippen LogP contribution in [0, 0.1) is 17.6 Å². The van der Waals surface area contributed by atoms with E-state index in [1.807, 2.05) is 18.2 Å². The molecule has 1 unspecified atom stereocenters. The van der Waals surface area contributed by atoms with Crippen LogP contribution in [0.4, 0.5) is 8.78 Å². The average Bonchev–Trinajstić information content (AvgIpc) is 3.32. The fourth-order valence-electron chi connectivity index (χ4n) is 4.52. The van der Waals surface area contributed by atoms with Gasteiger partial charge in [0.15, 0.2) is 0 Å². The number of nitrogens with zero attached hydrogens (tertiary/aromatic N) is 2. The van der Waals surface area contributed by atoms with Gasteiger partial charge in [0.25, 0.3) is 0 Å². The van der Waals surface area contributed by atoms with Crippen molar-refractivity contribution in [2.24, 2.45) is 11.0 Å². The van der Waals surface area contributed by atoms with Crippen molar-refractivity contribution in [3.8, 4) is 0 Å². The Morgan fingerprint density at radius 3 is 2.79 bits per heavy atom. The highest BCUT2D eigenvalue weighted by Crippen LogP contribution is 2.55. The van der Waals surface area contributed by atoms with Gasteiger partial charge in [-0.25, -0.2) is 13.8 Å². The van der Waals surface area contributed by atoms with Crippen molar-refractivity contribution < 1.29 is 13.6 Å². The van der Waals surface area contributed by atoms with E-state index in [0.29, 0.717) is 11.5 Å². The zero-order valence-corrected chi connectivity index (χ0v) is 16.6. The van der Waals surface area contributed by atoms with Crippen LogP contribution < -0.4 is 5.32 Å². The molecule has 3 aliphatic rings. The van der Waals surface area contributed by atoms with Gasteiger partial charge in [0.05, 0.1) is 0 Å². The zero-order chi connectivity index (χ0) is 20.0. The summed E-state index contributed by atoms with van der Waals surface area (Å²) >= 11 is 1.37. The Kier molecular flexibility index (Phi) is 4.67. The third kappa shape index (κ3) is 3.07. The summed E-state index contributed by atoms with van der Waals surface area (Å²) in [5, 5.41) is 9.83. The summed E-state index contributed by atoms with van der Waals surface area (Å²) in [4.78, 5) is 12.8. The number of benzene rings is 2. The number of hydrogen-bond donors (Lipinski definition) is 1. The van der Waals surface area contributed by atoms with Crippen LogP contribution in [0.5, 0.6) is 0 Å². The molecular formula is C22H21F2N3OS. The number of carbonyl (C=O) groups excluding carboxylic acids is 1. The Morgan fingerprint density at radius 1 is 1.17 bits per heavy atom. The Hall–Kier alpha value is -2.25. The predicted molar refractivity (Wildman–Crippen MR) is 109 cm³/mol. The number of piperidine rings is 1. The number of fused-ring (bicyclic) bond motifs is 2. The monoisotopic (exact) mass is 413 g/mol. The summed E-state index contributed by atoms with van der Waals surface area (Å²) in [5.41, 5.74) is 2.33. The first-order chi connectivity index (χ1) is 14.1. The zero-order valence-electron chi connectivity index (χ0n) is 15.8. The number of amides is 1. The molecule has 4 nitrogen and oxygen atoms in total. The van der Waals surface area contributed by atoms with Gasteiger partial charge in [-0.1, -0.05) is 36.0 Å². The number of carbonyl (C=O) groups is 1. The minimum Gasteiger partial charge on any atom is -0.317 e. The summed E-state index contributed by atoms with van der Waals surface area (Å²) in [5.74, 6) is -1.19. The van der Waals surface area contributed by atoms with Crippen LogP contribution in [0.1, 0.15) is 36.0 Å². The number of hydrogen-bond acceptors (Lipinski definition) is 4. The summed E-state index contributed by atoms with van der Waals surface area (Å²) in [7, 11) is 0. The van der Waals surface area contributed by atoms with Gasteiger partial charge in [0.1, 0.15) is 21.5 Å². The van der Waals surface area contributed by atoms with Crippen LogP contribution in [0.25, 0.3) is 0 Å². The molecule has 1 spiro atoms. The lowest BCUT2D eigenvalue weighted by molar-refractivity contribution is -0.139. The lowest BCUT2D eigenvalue weighted by atomic mass is 9.96. The molecule has 0 saturated carbocycles. The Morgan fingerprint density at radius 2 is 1.97 bits per heavy atom. The van der Waals surface area contributed by atoms with Crippen molar-refractivity contribution in [3.63, 3.8) is 0 Å². The summed E-state index contributed by atoms with van der Waals surface area (Å²) < 4.78 is 28.3. The van der Waals surface area contributed by atoms with Crippen LogP contribution in [0.3, 0.4) is 0 Å². The lowest BCUT2D eigenvalue weighted by Crippen LogP contribution is -2.45. The Labute approximate surface area is 172 Å². The molecular weight excluding hydrogens is 392 g/mol. The molecule has 5 rings (SSSR count). The van der Waals surface area contributed by atoms with Gasteiger partial charge in [-0.15, -0.1) is 0 Å². The molecule has 0 bridgehead atoms. The van der Waals surface area contributed by atoms with Crippen molar-refractivity contribution in [1.29, 1.82) is 0 Å². The number of aryl methyl sites for hydroxylation is 1. The van der Waals surface area contributed by atoms with Crippen molar-refractivity contribution >= 4 is 22.7 Å². The largest absolute Gasteiger partial charge is 0.317 e. The van der Waals surface area contributed by atoms with Crippen molar-refractivity contribution in [3.05, 3.63) is 70.8 Å². The molecule has 1 atom stereocenters. The quantitative estimate of drug-likeness (QED) is 0.810. The minimum atomic E-state index is -0.688. The number of halogens is 2. The van der Waals surface area contributed by atoms with Crippen LogP contribution >= 0.6 is 11.8 Å². The van der Waals surface area contributed by atoms with Gasteiger partial charge in [0.2, 0.25) is 5.91 Å². The predicted octanol–water partition coefficient (Wildman–Crippen LogP) is 4.00. The van der Waals surface area contributed by atoms with Crippen molar-refractivity contribution in [2.75, 3.05) is 13.1 Å². The van der Waals surface area contributed by atoms with E-state index in [0.717, 1.165) is 56.1 Å². The Balaban J connectivity index is 1.60. The molecule has 1 saturated heterocycles. The molecule has 1 aliphatic carbocycles. The topological polar surface area (TPSA) is 44.7 Å². The average molecular weight is 413 g/mol. The molecule has 29 heavy (non-hydrogen) atoms. The summed E-state index contributed by atoms with van der Waals surface area (Å²) in [6, 6.07) is 11.4. The molecule has 1 fully saturated rings. The molecule has 1 amide bonds. The number of thioether (sulfide) groups is 1. The maximum atomic E-state index is 14.5.